The third kappa shape index (κ3) is 3.93. The predicted octanol–water partition coefficient (Wildman–Crippen LogP) is 1.07. The minimum atomic E-state index is -4.47. The van der Waals surface area contributed by atoms with Crippen LogP contribution in [0.15, 0.2) is 69.7 Å². The van der Waals surface area contributed by atoms with E-state index in [9.17, 15) is 13.0 Å². The predicted molar refractivity (Wildman–Crippen MR) is 94.6 cm³/mol. The van der Waals surface area contributed by atoms with Crippen molar-refractivity contribution in [2.24, 2.45) is 10.2 Å². The maximum Gasteiger partial charge on any atom is 1.00 e. The monoisotopic (exact) mass is 376 g/mol. The van der Waals surface area contributed by atoms with Crippen molar-refractivity contribution in [2.75, 3.05) is 5.73 Å². The van der Waals surface area contributed by atoms with Gasteiger partial charge >= 0.3 is 29.6 Å². The van der Waals surface area contributed by atoms with E-state index in [4.69, 9.17) is 11.0 Å². The van der Waals surface area contributed by atoms with Crippen molar-refractivity contribution >= 4 is 38.0 Å². The molecule has 3 aromatic rings. The number of hydrogen-bond acceptors (Lipinski definition) is 6. The number of anilines is 1. The number of azo groups is 1. The van der Waals surface area contributed by atoms with Gasteiger partial charge in [0, 0.05) is 10.8 Å². The van der Waals surface area contributed by atoms with Crippen LogP contribution in [-0.2, 0) is 10.1 Å². The zero-order valence-electron chi connectivity index (χ0n) is 14.8. The summed E-state index contributed by atoms with van der Waals surface area (Å²) in [5.74, 6) is 0. The standard InChI is InChI=1S/C17H12N4O3S.Na.H/c18-10-11-5-1-4-8-14(11)20-21-15-9-16(25(22,23)24)12-6-2-3-7-13(12)17(15)19;;/h1-9H,19H2,(H,22,23,24);;/q;+1;-1. The largest absolute Gasteiger partial charge is 1.00 e. The molecule has 3 rings (SSSR count). The SMILES string of the molecule is N#Cc1ccccc1N=Nc1cc(S(=O)(=O)O)c2ccccc2c1N.[H-].[Na+]. The second kappa shape index (κ2) is 7.95. The van der Waals surface area contributed by atoms with E-state index >= 15 is 0 Å². The first kappa shape index (κ1) is 20.0. The van der Waals surface area contributed by atoms with Crippen molar-refractivity contribution in [2.45, 2.75) is 4.90 Å². The summed E-state index contributed by atoms with van der Waals surface area (Å²) in [7, 11) is -4.47. The van der Waals surface area contributed by atoms with E-state index in [1.807, 2.05) is 6.07 Å². The number of nitrogens with two attached hydrogens (primary N) is 1. The maximum absolute atomic E-state index is 11.7. The first-order valence-electron chi connectivity index (χ1n) is 7.11. The number of nitrogen functional groups attached to an aromatic ring is 1. The number of hydrogen-bond donors (Lipinski definition) is 2. The van der Waals surface area contributed by atoms with Crippen LogP contribution in [0.1, 0.15) is 6.99 Å². The molecule has 26 heavy (non-hydrogen) atoms. The van der Waals surface area contributed by atoms with E-state index in [1.54, 1.807) is 48.5 Å². The summed E-state index contributed by atoms with van der Waals surface area (Å²) in [6, 6.07) is 16.2. The van der Waals surface area contributed by atoms with Crippen molar-refractivity contribution in [3.05, 3.63) is 60.2 Å². The Kier molecular flexibility index (Phi) is 6.13. The molecule has 0 radical (unpaired) electrons. The normalized spacial score (nSPS) is 11.2. The molecule has 0 aromatic heterocycles. The third-order valence-corrected chi connectivity index (χ3v) is 4.49. The Bertz CT molecular complexity index is 1160. The van der Waals surface area contributed by atoms with Crippen molar-refractivity contribution in [1.29, 1.82) is 5.26 Å². The van der Waals surface area contributed by atoms with Gasteiger partial charge in [0.1, 0.15) is 22.3 Å². The van der Waals surface area contributed by atoms with Gasteiger partial charge in [-0.25, -0.2) is 0 Å². The topological polar surface area (TPSA) is 129 Å². The summed E-state index contributed by atoms with van der Waals surface area (Å²) in [6.07, 6.45) is 0. The molecule has 0 amide bonds. The van der Waals surface area contributed by atoms with Crippen molar-refractivity contribution in [3.8, 4) is 6.07 Å². The van der Waals surface area contributed by atoms with Crippen LogP contribution >= 0.6 is 0 Å². The molecule has 0 saturated carbocycles. The van der Waals surface area contributed by atoms with E-state index < -0.39 is 10.1 Å². The molecule has 0 heterocycles. The van der Waals surface area contributed by atoms with Gasteiger partial charge in [-0.15, -0.1) is 10.2 Å². The van der Waals surface area contributed by atoms with Gasteiger partial charge in [-0.1, -0.05) is 36.4 Å². The van der Waals surface area contributed by atoms with Gasteiger partial charge in [0.15, 0.2) is 0 Å². The van der Waals surface area contributed by atoms with Crippen LogP contribution < -0.4 is 35.3 Å². The van der Waals surface area contributed by atoms with Gasteiger partial charge in [-0.2, -0.15) is 13.7 Å². The Morgan fingerprint density at radius 3 is 2.23 bits per heavy atom. The van der Waals surface area contributed by atoms with Gasteiger partial charge in [-0.3, -0.25) is 4.55 Å². The van der Waals surface area contributed by atoms with E-state index in [2.05, 4.69) is 10.2 Å². The quantitative estimate of drug-likeness (QED) is 0.306. The number of nitrogens with zero attached hydrogens (tertiary/aromatic N) is 3. The summed E-state index contributed by atoms with van der Waals surface area (Å²) in [6.45, 7) is 0. The average Bonchev–Trinajstić information content (AvgIpc) is 2.60. The Morgan fingerprint density at radius 2 is 1.58 bits per heavy atom. The number of rotatable bonds is 3. The minimum Gasteiger partial charge on any atom is -1.00 e. The second-order valence-electron chi connectivity index (χ2n) is 5.16. The molecule has 0 bridgehead atoms. The molecule has 0 atom stereocenters. The van der Waals surface area contributed by atoms with Crippen LogP contribution in [0.2, 0.25) is 0 Å². The molecule has 7 nitrogen and oxygen atoms in total. The van der Waals surface area contributed by atoms with E-state index in [1.165, 1.54) is 0 Å². The maximum atomic E-state index is 11.7. The molecule has 0 aliphatic carbocycles. The van der Waals surface area contributed by atoms with Crippen molar-refractivity contribution in [1.82, 2.24) is 0 Å². The molecule has 0 aliphatic heterocycles. The molecular formula is C17H13N4NaO3S. The Balaban J connectivity index is 0.00000182. The summed E-state index contributed by atoms with van der Waals surface area (Å²) in [5, 5.41) is 17.8. The number of nitriles is 1. The number of benzene rings is 3. The molecule has 126 valence electrons. The first-order chi connectivity index (χ1) is 11.9. The van der Waals surface area contributed by atoms with Crippen molar-refractivity contribution < 1.29 is 44.0 Å². The fourth-order valence-corrected chi connectivity index (χ4v) is 3.13. The smallest absolute Gasteiger partial charge is 1.00 e. The number of fused-ring (bicyclic) bond motifs is 1. The molecule has 9 heteroatoms. The summed E-state index contributed by atoms with van der Waals surface area (Å²) >= 11 is 0. The summed E-state index contributed by atoms with van der Waals surface area (Å²) in [4.78, 5) is -0.306. The Hall–Kier alpha value is -2.28. The molecule has 0 unspecified atom stereocenters. The van der Waals surface area contributed by atoms with Gasteiger partial charge in [0.25, 0.3) is 10.1 Å². The first-order valence-corrected chi connectivity index (χ1v) is 8.55. The fraction of sp³-hybridized carbons (Fsp3) is 0. The summed E-state index contributed by atoms with van der Waals surface area (Å²) < 4.78 is 32.9. The van der Waals surface area contributed by atoms with Crippen LogP contribution in [0.5, 0.6) is 0 Å². The van der Waals surface area contributed by atoms with Crippen LogP contribution in [0.3, 0.4) is 0 Å². The van der Waals surface area contributed by atoms with Gasteiger partial charge in [0.05, 0.1) is 11.3 Å². The fourth-order valence-electron chi connectivity index (χ4n) is 2.41. The molecule has 0 spiro atoms. The third-order valence-electron chi connectivity index (χ3n) is 3.59. The van der Waals surface area contributed by atoms with E-state index in [0.717, 1.165) is 6.07 Å². The molecule has 3 aromatic carbocycles. The van der Waals surface area contributed by atoms with Crippen LogP contribution in [0, 0.1) is 11.3 Å². The van der Waals surface area contributed by atoms with Crippen LogP contribution in [0.4, 0.5) is 17.1 Å². The minimum absolute atomic E-state index is 0. The van der Waals surface area contributed by atoms with E-state index in [-0.39, 0.29) is 47.3 Å². The van der Waals surface area contributed by atoms with Gasteiger partial charge in [-0.05, 0) is 18.2 Å². The van der Waals surface area contributed by atoms with Crippen LogP contribution in [0.25, 0.3) is 10.8 Å². The van der Waals surface area contributed by atoms with Crippen LogP contribution in [-0.4, -0.2) is 13.0 Å². The summed E-state index contributed by atoms with van der Waals surface area (Å²) in [5.41, 5.74) is 7.02. The second-order valence-corrected chi connectivity index (χ2v) is 6.55. The zero-order chi connectivity index (χ0) is 18.0. The molecule has 3 N–H and O–H groups in total. The van der Waals surface area contributed by atoms with Crippen molar-refractivity contribution in [3.63, 3.8) is 0 Å². The van der Waals surface area contributed by atoms with Gasteiger partial charge in [0.2, 0.25) is 0 Å². The van der Waals surface area contributed by atoms with Gasteiger partial charge < -0.3 is 7.16 Å². The molecule has 0 fully saturated rings. The molecule has 0 aliphatic rings. The van der Waals surface area contributed by atoms with E-state index in [0.29, 0.717) is 22.0 Å². The Labute approximate surface area is 173 Å². The molecule has 0 saturated heterocycles. The Morgan fingerprint density at radius 1 is 1.00 bits per heavy atom. The average molecular weight is 376 g/mol. The zero-order valence-corrected chi connectivity index (χ0v) is 16.6. The molecular weight excluding hydrogens is 363 g/mol.